The van der Waals surface area contributed by atoms with Crippen LogP contribution in [0.25, 0.3) is 11.1 Å². The molecule has 0 unspecified atom stereocenters. The van der Waals surface area contributed by atoms with Gasteiger partial charge in [-0.15, -0.1) is 0 Å². The van der Waals surface area contributed by atoms with Gasteiger partial charge in [-0.1, -0.05) is 12.1 Å². The van der Waals surface area contributed by atoms with Gasteiger partial charge in [0.2, 0.25) is 5.89 Å². The number of carbonyl (C=O) groups excluding carboxylic acids is 1. The molecule has 1 aromatic heterocycles. The monoisotopic (exact) mass is 304 g/mol. The Kier molecular flexibility index (Phi) is 4.40. The summed E-state index contributed by atoms with van der Waals surface area (Å²) in [6, 6.07) is 7.77. The van der Waals surface area contributed by atoms with Crippen LogP contribution in [-0.2, 0) is 14.3 Å². The maximum atomic E-state index is 11.4. The minimum atomic E-state index is -0.249. The summed E-state index contributed by atoms with van der Waals surface area (Å²) in [7, 11) is 1.39. The normalized spacial score (nSPS) is 20.9. The highest BCUT2D eigenvalue weighted by atomic mass is 16.5. The van der Waals surface area contributed by atoms with Crippen molar-refractivity contribution in [1.82, 2.24) is 9.88 Å². The van der Waals surface area contributed by atoms with Crippen LogP contribution in [0.2, 0.25) is 0 Å². The van der Waals surface area contributed by atoms with Crippen molar-refractivity contribution in [3.63, 3.8) is 0 Å². The summed E-state index contributed by atoms with van der Waals surface area (Å²) in [6.45, 7) is 4.10. The molecule has 1 saturated heterocycles. The molecule has 1 fully saturated rings. The minimum absolute atomic E-state index is 0.0384. The summed E-state index contributed by atoms with van der Waals surface area (Å²) >= 11 is 0. The molecule has 0 amide bonds. The molecule has 0 aliphatic carbocycles. The number of morpholine rings is 1. The fraction of sp³-hybridized carbons (Fsp3) is 0.500. The summed E-state index contributed by atoms with van der Waals surface area (Å²) in [5, 5.41) is 0. The molecule has 1 aliphatic heterocycles. The first-order valence-electron chi connectivity index (χ1n) is 7.45. The number of esters is 1. The average molecular weight is 304 g/mol. The molecule has 0 bridgehead atoms. The molecule has 2 aromatic rings. The predicted octanol–water partition coefficient (Wildman–Crippen LogP) is 2.15. The number of ether oxygens (including phenoxy) is 2. The van der Waals surface area contributed by atoms with Crippen molar-refractivity contribution in [1.29, 1.82) is 0 Å². The highest BCUT2D eigenvalue weighted by Crippen LogP contribution is 2.26. The van der Waals surface area contributed by atoms with E-state index in [1.54, 1.807) is 0 Å². The predicted molar refractivity (Wildman–Crippen MR) is 80.4 cm³/mol. The average Bonchev–Trinajstić information content (AvgIpc) is 2.98. The second-order valence-corrected chi connectivity index (χ2v) is 5.46. The van der Waals surface area contributed by atoms with Gasteiger partial charge in [0, 0.05) is 13.1 Å². The van der Waals surface area contributed by atoms with Crippen LogP contribution < -0.4 is 0 Å². The molecule has 0 N–H and O–H groups in total. The number of oxazole rings is 1. The van der Waals surface area contributed by atoms with Crippen molar-refractivity contribution < 1.29 is 18.7 Å². The first kappa shape index (κ1) is 15.0. The van der Waals surface area contributed by atoms with Crippen LogP contribution in [0.5, 0.6) is 0 Å². The fourth-order valence-corrected chi connectivity index (χ4v) is 2.71. The van der Waals surface area contributed by atoms with Gasteiger partial charge in [0.25, 0.3) is 0 Å². The van der Waals surface area contributed by atoms with E-state index in [2.05, 4.69) is 16.8 Å². The number of para-hydroxylation sites is 2. The summed E-state index contributed by atoms with van der Waals surface area (Å²) in [6.07, 6.45) is 0.126. The first-order chi connectivity index (χ1) is 10.7. The number of hydrogen-bond acceptors (Lipinski definition) is 6. The molecular weight excluding hydrogens is 284 g/mol. The molecule has 22 heavy (non-hydrogen) atoms. The molecule has 0 saturated carbocycles. The van der Waals surface area contributed by atoms with Crippen LogP contribution in [0.3, 0.4) is 0 Å². The zero-order valence-corrected chi connectivity index (χ0v) is 12.8. The van der Waals surface area contributed by atoms with Crippen molar-refractivity contribution in [2.45, 2.75) is 25.5 Å². The lowest BCUT2D eigenvalue weighted by Crippen LogP contribution is -2.44. The van der Waals surface area contributed by atoms with Gasteiger partial charge in [0.05, 0.1) is 32.3 Å². The number of aromatic nitrogens is 1. The molecule has 118 valence electrons. The molecule has 2 heterocycles. The molecular formula is C16H20N2O4. The Hall–Kier alpha value is -1.92. The lowest BCUT2D eigenvalue weighted by Gasteiger charge is -2.35. The lowest BCUT2D eigenvalue weighted by atomic mass is 10.1. The number of carbonyl (C=O) groups is 1. The van der Waals surface area contributed by atoms with E-state index in [0.717, 1.165) is 17.6 Å². The van der Waals surface area contributed by atoms with E-state index in [4.69, 9.17) is 13.9 Å². The van der Waals surface area contributed by atoms with E-state index in [-0.39, 0.29) is 24.5 Å². The number of hydrogen-bond donors (Lipinski definition) is 0. The third kappa shape index (κ3) is 3.13. The fourth-order valence-electron chi connectivity index (χ4n) is 2.71. The van der Waals surface area contributed by atoms with Crippen LogP contribution >= 0.6 is 0 Å². The van der Waals surface area contributed by atoms with Crippen LogP contribution in [0.1, 0.15) is 25.3 Å². The van der Waals surface area contributed by atoms with Gasteiger partial charge in [-0.05, 0) is 19.1 Å². The second-order valence-electron chi connectivity index (χ2n) is 5.46. The largest absolute Gasteiger partial charge is 0.469 e. The van der Waals surface area contributed by atoms with E-state index in [0.29, 0.717) is 19.0 Å². The summed E-state index contributed by atoms with van der Waals surface area (Å²) in [5.41, 5.74) is 1.66. The van der Waals surface area contributed by atoms with E-state index in [9.17, 15) is 4.79 Å². The Labute approximate surface area is 129 Å². The number of rotatable bonds is 4. The van der Waals surface area contributed by atoms with Gasteiger partial charge < -0.3 is 13.9 Å². The zero-order valence-electron chi connectivity index (χ0n) is 12.8. The van der Waals surface area contributed by atoms with Crippen molar-refractivity contribution in [3.05, 3.63) is 30.2 Å². The molecule has 1 aromatic carbocycles. The van der Waals surface area contributed by atoms with Gasteiger partial charge in [0.1, 0.15) is 5.52 Å². The minimum Gasteiger partial charge on any atom is -0.469 e. The van der Waals surface area contributed by atoms with E-state index in [1.165, 1.54) is 7.11 Å². The number of nitrogens with zero attached hydrogens (tertiary/aromatic N) is 2. The van der Waals surface area contributed by atoms with Gasteiger partial charge >= 0.3 is 5.97 Å². The summed E-state index contributed by atoms with van der Waals surface area (Å²) in [5.74, 6) is 0.446. The van der Waals surface area contributed by atoms with E-state index < -0.39 is 0 Å². The number of methoxy groups -OCH3 is 1. The smallest absolute Gasteiger partial charge is 0.308 e. The Morgan fingerprint density at radius 3 is 3.09 bits per heavy atom. The third-order valence-electron chi connectivity index (χ3n) is 4.01. The van der Waals surface area contributed by atoms with Crippen LogP contribution in [0.4, 0.5) is 0 Å². The molecule has 0 spiro atoms. The van der Waals surface area contributed by atoms with E-state index >= 15 is 0 Å². The number of fused-ring (bicyclic) bond motifs is 1. The highest BCUT2D eigenvalue weighted by Gasteiger charge is 2.29. The lowest BCUT2D eigenvalue weighted by molar-refractivity contribution is -0.146. The van der Waals surface area contributed by atoms with Crippen molar-refractivity contribution in [2.24, 2.45) is 0 Å². The Bertz CT molecular complexity index is 621. The number of benzene rings is 1. The van der Waals surface area contributed by atoms with Gasteiger partial charge in [-0.2, -0.15) is 0 Å². The SMILES string of the molecule is COC(=O)C[C@H]1CN([C@@H](C)c2nc3ccccc3o2)CCO1. The first-order valence-corrected chi connectivity index (χ1v) is 7.45. The van der Waals surface area contributed by atoms with Crippen LogP contribution in [0.15, 0.2) is 28.7 Å². The maximum Gasteiger partial charge on any atom is 0.308 e. The Balaban J connectivity index is 1.70. The van der Waals surface area contributed by atoms with Crippen molar-refractivity contribution in [3.8, 4) is 0 Å². The van der Waals surface area contributed by atoms with Crippen molar-refractivity contribution >= 4 is 17.1 Å². The van der Waals surface area contributed by atoms with Crippen LogP contribution in [-0.4, -0.2) is 48.8 Å². The molecule has 6 heteroatoms. The molecule has 2 atom stereocenters. The molecule has 0 radical (unpaired) electrons. The summed E-state index contributed by atoms with van der Waals surface area (Å²) in [4.78, 5) is 18.2. The van der Waals surface area contributed by atoms with Gasteiger partial charge in [-0.3, -0.25) is 9.69 Å². The standard InChI is InChI=1S/C16H20N2O4/c1-11(16-17-13-5-3-4-6-14(13)22-16)18-7-8-21-12(10-18)9-15(19)20-2/h3-6,11-12H,7-10H2,1-2H3/t11-,12-/m0/s1. The molecule has 1 aliphatic rings. The van der Waals surface area contributed by atoms with Gasteiger partial charge in [-0.25, -0.2) is 4.98 Å². The topological polar surface area (TPSA) is 64.8 Å². The molecule has 6 nitrogen and oxygen atoms in total. The van der Waals surface area contributed by atoms with Crippen LogP contribution in [0, 0.1) is 0 Å². The zero-order chi connectivity index (χ0) is 15.5. The maximum absolute atomic E-state index is 11.4. The highest BCUT2D eigenvalue weighted by molar-refractivity contribution is 5.72. The molecule has 3 rings (SSSR count). The van der Waals surface area contributed by atoms with Gasteiger partial charge in [0.15, 0.2) is 5.58 Å². The Morgan fingerprint density at radius 1 is 1.50 bits per heavy atom. The second kappa shape index (κ2) is 6.46. The quantitative estimate of drug-likeness (QED) is 0.806. The van der Waals surface area contributed by atoms with E-state index in [1.807, 2.05) is 24.3 Å². The Morgan fingerprint density at radius 2 is 2.32 bits per heavy atom. The third-order valence-corrected chi connectivity index (χ3v) is 4.01. The van der Waals surface area contributed by atoms with Crippen molar-refractivity contribution in [2.75, 3.05) is 26.8 Å². The summed E-state index contributed by atoms with van der Waals surface area (Å²) < 4.78 is 16.2.